The number of aromatic hydroxyl groups is 1. The summed E-state index contributed by atoms with van der Waals surface area (Å²) in [5.74, 6) is -0.766. The van der Waals surface area contributed by atoms with Crippen molar-refractivity contribution in [2.75, 3.05) is 6.54 Å². The minimum atomic E-state index is -0.684. The Hall–Kier alpha value is -2.96. The number of nitro groups is 1. The molecule has 0 saturated carbocycles. The van der Waals surface area contributed by atoms with Crippen LogP contribution >= 0.6 is 0 Å². The van der Waals surface area contributed by atoms with Gasteiger partial charge in [0.2, 0.25) is 0 Å². The fourth-order valence-corrected chi connectivity index (χ4v) is 2.87. The smallest absolute Gasteiger partial charge is 0.310 e. The fourth-order valence-electron chi connectivity index (χ4n) is 2.87. The zero-order valence-electron chi connectivity index (χ0n) is 12.3. The van der Waals surface area contributed by atoms with Crippen molar-refractivity contribution in [3.8, 4) is 5.75 Å². The SMILES string of the molecule is O=C(c1ccc([N+](=O)[O-])c(O)c1)N1CCC[C@H]1c1ccccn1. The number of aromatic nitrogens is 1. The standard InChI is InChI=1S/C16H15N3O4/c20-15-10-11(6-7-14(15)19(22)23)16(21)18-9-3-5-13(18)12-4-1-2-8-17-12/h1-2,4,6-8,10,13,20H,3,5,9H2/t13-/m0/s1. The number of benzene rings is 1. The largest absolute Gasteiger partial charge is 0.502 e. The van der Waals surface area contributed by atoms with Crippen molar-refractivity contribution in [1.29, 1.82) is 0 Å². The molecule has 0 radical (unpaired) electrons. The van der Waals surface area contributed by atoms with Gasteiger partial charge < -0.3 is 10.0 Å². The zero-order valence-corrected chi connectivity index (χ0v) is 12.3. The summed E-state index contributed by atoms with van der Waals surface area (Å²) in [6, 6.07) is 9.13. The molecule has 118 valence electrons. The minimum absolute atomic E-state index is 0.110. The molecule has 1 N–H and O–H groups in total. The fraction of sp³-hybridized carbons (Fsp3) is 0.250. The first-order valence-corrected chi connectivity index (χ1v) is 7.27. The second-order valence-corrected chi connectivity index (χ2v) is 5.37. The topological polar surface area (TPSA) is 96.6 Å². The van der Waals surface area contributed by atoms with Crippen LogP contribution in [0.1, 0.15) is 34.9 Å². The lowest BCUT2D eigenvalue weighted by molar-refractivity contribution is -0.385. The van der Waals surface area contributed by atoms with Crippen molar-refractivity contribution < 1.29 is 14.8 Å². The van der Waals surface area contributed by atoms with E-state index < -0.39 is 16.4 Å². The first-order valence-electron chi connectivity index (χ1n) is 7.27. The molecule has 0 spiro atoms. The first-order chi connectivity index (χ1) is 11.1. The number of amides is 1. The number of carbonyl (C=O) groups excluding carboxylic acids is 1. The molecule has 2 heterocycles. The van der Waals surface area contributed by atoms with E-state index in [4.69, 9.17) is 0 Å². The maximum absolute atomic E-state index is 12.7. The first kappa shape index (κ1) is 15.0. The van der Waals surface area contributed by atoms with Gasteiger partial charge in [-0.05, 0) is 37.1 Å². The summed E-state index contributed by atoms with van der Waals surface area (Å²) in [5, 5.41) is 20.4. The van der Waals surface area contributed by atoms with E-state index in [0.29, 0.717) is 6.54 Å². The zero-order chi connectivity index (χ0) is 16.4. The Morgan fingerprint density at radius 1 is 1.35 bits per heavy atom. The summed E-state index contributed by atoms with van der Waals surface area (Å²) in [5.41, 5.74) is 0.643. The van der Waals surface area contributed by atoms with E-state index in [0.717, 1.165) is 30.7 Å². The molecule has 1 aliphatic rings. The van der Waals surface area contributed by atoms with Crippen LogP contribution in [0.4, 0.5) is 5.69 Å². The molecule has 0 unspecified atom stereocenters. The summed E-state index contributed by atoms with van der Waals surface area (Å²) in [7, 11) is 0. The molecular formula is C16H15N3O4. The van der Waals surface area contributed by atoms with E-state index in [2.05, 4.69) is 4.98 Å². The summed E-state index contributed by atoms with van der Waals surface area (Å²) in [6.07, 6.45) is 3.38. The van der Waals surface area contributed by atoms with E-state index in [1.165, 1.54) is 6.07 Å². The third-order valence-electron chi connectivity index (χ3n) is 3.96. The van der Waals surface area contributed by atoms with Crippen molar-refractivity contribution in [3.05, 3.63) is 64.0 Å². The molecule has 23 heavy (non-hydrogen) atoms. The maximum Gasteiger partial charge on any atom is 0.310 e. The molecule has 7 heteroatoms. The molecule has 1 aliphatic heterocycles. The Morgan fingerprint density at radius 2 is 2.17 bits per heavy atom. The van der Waals surface area contributed by atoms with Crippen LogP contribution in [0.3, 0.4) is 0 Å². The molecule has 1 amide bonds. The lowest BCUT2D eigenvalue weighted by Crippen LogP contribution is -2.30. The van der Waals surface area contributed by atoms with Gasteiger partial charge >= 0.3 is 5.69 Å². The second kappa shape index (κ2) is 6.04. The molecule has 3 rings (SSSR count). The molecule has 7 nitrogen and oxygen atoms in total. The van der Waals surface area contributed by atoms with Crippen LogP contribution in [0.15, 0.2) is 42.6 Å². The number of likely N-dealkylation sites (tertiary alicyclic amines) is 1. The highest BCUT2D eigenvalue weighted by atomic mass is 16.6. The van der Waals surface area contributed by atoms with Crippen LogP contribution in [-0.2, 0) is 0 Å². The summed E-state index contributed by atoms with van der Waals surface area (Å²) in [4.78, 5) is 28.7. The highest BCUT2D eigenvalue weighted by Gasteiger charge is 2.32. The van der Waals surface area contributed by atoms with Crippen molar-refractivity contribution in [1.82, 2.24) is 9.88 Å². The number of hydrogen-bond donors (Lipinski definition) is 1. The van der Waals surface area contributed by atoms with Crippen molar-refractivity contribution >= 4 is 11.6 Å². The van der Waals surface area contributed by atoms with Crippen LogP contribution in [0.2, 0.25) is 0 Å². The average molecular weight is 313 g/mol. The molecule has 1 aromatic carbocycles. The number of nitrogens with zero attached hydrogens (tertiary/aromatic N) is 3. The highest BCUT2D eigenvalue weighted by Crippen LogP contribution is 2.33. The van der Waals surface area contributed by atoms with Gasteiger partial charge in [-0.15, -0.1) is 0 Å². The summed E-state index contributed by atoms with van der Waals surface area (Å²) >= 11 is 0. The number of hydrogen-bond acceptors (Lipinski definition) is 5. The van der Waals surface area contributed by atoms with E-state index in [1.807, 2.05) is 18.2 Å². The van der Waals surface area contributed by atoms with Crippen molar-refractivity contribution in [2.24, 2.45) is 0 Å². The predicted octanol–water partition coefficient (Wildman–Crippen LogP) is 2.67. The van der Waals surface area contributed by atoms with Gasteiger partial charge in [-0.3, -0.25) is 19.9 Å². The Kier molecular flexibility index (Phi) is 3.92. The van der Waals surface area contributed by atoms with Crippen molar-refractivity contribution in [2.45, 2.75) is 18.9 Å². The van der Waals surface area contributed by atoms with Gasteiger partial charge in [-0.2, -0.15) is 0 Å². The van der Waals surface area contributed by atoms with E-state index in [9.17, 15) is 20.0 Å². The van der Waals surface area contributed by atoms with Crippen molar-refractivity contribution in [3.63, 3.8) is 0 Å². The number of pyridine rings is 1. The Labute approximate surface area is 132 Å². The van der Waals surface area contributed by atoms with Gasteiger partial charge in [-0.1, -0.05) is 6.07 Å². The molecule has 0 aliphatic carbocycles. The predicted molar refractivity (Wildman–Crippen MR) is 82.0 cm³/mol. The third kappa shape index (κ3) is 2.85. The lowest BCUT2D eigenvalue weighted by Gasteiger charge is -2.24. The maximum atomic E-state index is 12.7. The molecule has 1 fully saturated rings. The van der Waals surface area contributed by atoms with Crippen LogP contribution < -0.4 is 0 Å². The van der Waals surface area contributed by atoms with Crippen LogP contribution in [-0.4, -0.2) is 32.4 Å². The molecular weight excluding hydrogens is 298 g/mol. The van der Waals surface area contributed by atoms with Gasteiger partial charge in [-0.25, -0.2) is 0 Å². The molecule has 2 aromatic rings. The van der Waals surface area contributed by atoms with Gasteiger partial charge in [0.15, 0.2) is 5.75 Å². The van der Waals surface area contributed by atoms with Crippen LogP contribution in [0, 0.1) is 10.1 Å². The van der Waals surface area contributed by atoms with Gasteiger partial charge in [0, 0.05) is 24.4 Å². The summed E-state index contributed by atoms with van der Waals surface area (Å²) in [6.45, 7) is 0.595. The van der Waals surface area contributed by atoms with E-state index in [1.54, 1.807) is 11.1 Å². The monoisotopic (exact) mass is 313 g/mol. The number of nitro benzene ring substituents is 1. The third-order valence-corrected chi connectivity index (χ3v) is 3.96. The minimum Gasteiger partial charge on any atom is -0.502 e. The molecule has 0 bridgehead atoms. The van der Waals surface area contributed by atoms with Crippen LogP contribution in [0.25, 0.3) is 0 Å². The lowest BCUT2D eigenvalue weighted by atomic mass is 10.1. The molecule has 1 atom stereocenters. The Morgan fingerprint density at radius 3 is 2.83 bits per heavy atom. The van der Waals surface area contributed by atoms with E-state index in [-0.39, 0.29) is 17.5 Å². The summed E-state index contributed by atoms with van der Waals surface area (Å²) < 4.78 is 0. The molecule has 1 saturated heterocycles. The van der Waals surface area contributed by atoms with Crippen LogP contribution in [0.5, 0.6) is 5.75 Å². The number of carbonyl (C=O) groups is 1. The van der Waals surface area contributed by atoms with Gasteiger partial charge in [0.25, 0.3) is 5.91 Å². The number of phenolic OH excluding ortho intramolecular Hbond substituents is 1. The molecule has 1 aromatic heterocycles. The van der Waals surface area contributed by atoms with E-state index >= 15 is 0 Å². The highest BCUT2D eigenvalue weighted by molar-refractivity contribution is 5.95. The van der Waals surface area contributed by atoms with Gasteiger partial charge in [0.05, 0.1) is 16.7 Å². The quantitative estimate of drug-likeness (QED) is 0.694. The van der Waals surface area contributed by atoms with Gasteiger partial charge in [0.1, 0.15) is 0 Å². The number of rotatable bonds is 3. The normalized spacial score (nSPS) is 17.2. The second-order valence-electron chi connectivity index (χ2n) is 5.37. The average Bonchev–Trinajstić information content (AvgIpc) is 3.04. The Bertz CT molecular complexity index is 748. The number of phenols is 1. The Balaban J connectivity index is 1.87.